The monoisotopic (exact) mass is 305 g/mol. The average Bonchev–Trinajstić information content (AvgIpc) is 2.71. The van der Waals surface area contributed by atoms with Crippen LogP contribution >= 0.6 is 11.8 Å². The molecule has 1 N–H and O–H groups in total. The first-order chi connectivity index (χ1) is 9.93. The Kier molecular flexibility index (Phi) is 4.67. The van der Waals surface area contributed by atoms with Gasteiger partial charge in [-0.1, -0.05) is 30.0 Å². The second kappa shape index (κ2) is 6.30. The van der Waals surface area contributed by atoms with Crippen LogP contribution in [0.4, 0.5) is 5.69 Å². The van der Waals surface area contributed by atoms with E-state index in [9.17, 15) is 9.59 Å². The molecule has 0 saturated carbocycles. The van der Waals surface area contributed by atoms with Crippen molar-refractivity contribution in [3.63, 3.8) is 0 Å². The van der Waals surface area contributed by atoms with Crippen LogP contribution in [-0.4, -0.2) is 41.2 Å². The third-order valence-corrected chi connectivity index (χ3v) is 4.77. The molecule has 0 radical (unpaired) electrons. The molecule has 2 rings (SSSR count). The lowest BCUT2D eigenvalue weighted by molar-refractivity contribution is -0.127. The van der Waals surface area contributed by atoms with Gasteiger partial charge >= 0.3 is 0 Å². The molecule has 112 valence electrons. The first-order valence-electron chi connectivity index (χ1n) is 6.71. The Morgan fingerprint density at radius 3 is 2.52 bits per heavy atom. The van der Waals surface area contributed by atoms with Gasteiger partial charge in [-0.25, -0.2) is 0 Å². The number of aryl methyl sites for hydroxylation is 2. The summed E-state index contributed by atoms with van der Waals surface area (Å²) < 4.78 is 0. The van der Waals surface area contributed by atoms with Crippen LogP contribution in [0.3, 0.4) is 0 Å². The SMILES string of the molecule is CN=C1S[C@@H](CC(=O)Nc2c(C)cccc2C)C(=O)N1C. The maximum Gasteiger partial charge on any atom is 0.242 e. The Bertz CT molecular complexity index is 593. The van der Waals surface area contributed by atoms with Gasteiger partial charge in [0.1, 0.15) is 5.25 Å². The van der Waals surface area contributed by atoms with Crippen LogP contribution in [-0.2, 0) is 9.59 Å². The summed E-state index contributed by atoms with van der Waals surface area (Å²) >= 11 is 1.34. The van der Waals surface area contributed by atoms with Crippen LogP contribution in [0.25, 0.3) is 0 Å². The van der Waals surface area contributed by atoms with Gasteiger partial charge < -0.3 is 5.32 Å². The van der Waals surface area contributed by atoms with Crippen molar-refractivity contribution in [1.82, 2.24) is 4.90 Å². The second-order valence-corrected chi connectivity index (χ2v) is 6.20. The van der Waals surface area contributed by atoms with E-state index >= 15 is 0 Å². The number of amidine groups is 1. The van der Waals surface area contributed by atoms with Crippen LogP contribution in [0, 0.1) is 13.8 Å². The van der Waals surface area contributed by atoms with Gasteiger partial charge in [0.05, 0.1) is 0 Å². The normalized spacial score (nSPS) is 20.2. The summed E-state index contributed by atoms with van der Waals surface area (Å²) in [4.78, 5) is 29.8. The van der Waals surface area contributed by atoms with Crippen molar-refractivity contribution >= 4 is 34.4 Å². The number of thioether (sulfide) groups is 1. The largest absolute Gasteiger partial charge is 0.326 e. The number of nitrogens with zero attached hydrogens (tertiary/aromatic N) is 2. The van der Waals surface area contributed by atoms with Gasteiger partial charge in [-0.3, -0.25) is 19.5 Å². The van der Waals surface area contributed by atoms with Crippen molar-refractivity contribution in [2.75, 3.05) is 19.4 Å². The minimum atomic E-state index is -0.391. The van der Waals surface area contributed by atoms with E-state index in [1.165, 1.54) is 16.7 Å². The number of hydrogen-bond acceptors (Lipinski definition) is 4. The lowest BCUT2D eigenvalue weighted by Crippen LogP contribution is -2.30. The van der Waals surface area contributed by atoms with Crippen molar-refractivity contribution in [2.24, 2.45) is 4.99 Å². The number of carbonyl (C=O) groups is 2. The van der Waals surface area contributed by atoms with Crippen LogP contribution in [0.2, 0.25) is 0 Å². The van der Waals surface area contributed by atoms with Crippen molar-refractivity contribution in [2.45, 2.75) is 25.5 Å². The number of anilines is 1. The molecule has 2 amide bonds. The minimum Gasteiger partial charge on any atom is -0.326 e. The molecule has 5 nitrogen and oxygen atoms in total. The van der Waals surface area contributed by atoms with E-state index in [0.29, 0.717) is 5.17 Å². The predicted molar refractivity (Wildman–Crippen MR) is 86.7 cm³/mol. The summed E-state index contributed by atoms with van der Waals surface area (Å²) in [5, 5.41) is 3.18. The molecule has 1 fully saturated rings. The third kappa shape index (κ3) is 3.26. The molecule has 0 spiro atoms. The fourth-order valence-corrected chi connectivity index (χ4v) is 3.37. The topological polar surface area (TPSA) is 61.8 Å². The average molecular weight is 305 g/mol. The Labute approximate surface area is 128 Å². The first kappa shape index (κ1) is 15.6. The highest BCUT2D eigenvalue weighted by Gasteiger charge is 2.36. The highest BCUT2D eigenvalue weighted by atomic mass is 32.2. The van der Waals surface area contributed by atoms with E-state index in [4.69, 9.17) is 0 Å². The van der Waals surface area contributed by atoms with E-state index in [2.05, 4.69) is 10.3 Å². The first-order valence-corrected chi connectivity index (χ1v) is 7.59. The minimum absolute atomic E-state index is 0.0720. The van der Waals surface area contributed by atoms with Gasteiger partial charge in [0, 0.05) is 26.2 Å². The summed E-state index contributed by atoms with van der Waals surface area (Å²) in [5.41, 5.74) is 2.86. The summed E-state index contributed by atoms with van der Waals surface area (Å²) in [6.45, 7) is 3.90. The zero-order valence-corrected chi connectivity index (χ0v) is 13.5. The molecule has 1 aromatic rings. The summed E-state index contributed by atoms with van der Waals surface area (Å²) in [5.74, 6) is -0.221. The number of nitrogens with one attached hydrogen (secondary N) is 1. The molecule has 1 heterocycles. The molecule has 0 aliphatic carbocycles. The quantitative estimate of drug-likeness (QED) is 0.931. The molecule has 0 bridgehead atoms. The van der Waals surface area contributed by atoms with Gasteiger partial charge in [-0.15, -0.1) is 0 Å². The number of hydrogen-bond donors (Lipinski definition) is 1. The van der Waals surface area contributed by atoms with Gasteiger partial charge in [-0.05, 0) is 25.0 Å². The van der Waals surface area contributed by atoms with Gasteiger partial charge in [-0.2, -0.15) is 0 Å². The van der Waals surface area contributed by atoms with Crippen LogP contribution in [0.5, 0.6) is 0 Å². The Hall–Kier alpha value is -1.82. The highest BCUT2D eigenvalue weighted by molar-refractivity contribution is 8.15. The van der Waals surface area contributed by atoms with Crippen molar-refractivity contribution in [1.29, 1.82) is 0 Å². The van der Waals surface area contributed by atoms with E-state index in [1.807, 2.05) is 32.0 Å². The molecular formula is C15H19N3O2S. The molecule has 1 aromatic carbocycles. The van der Waals surface area contributed by atoms with Crippen molar-refractivity contribution in [3.05, 3.63) is 29.3 Å². The van der Waals surface area contributed by atoms with Crippen molar-refractivity contribution in [3.8, 4) is 0 Å². The Morgan fingerprint density at radius 2 is 2.00 bits per heavy atom. The molecule has 0 aromatic heterocycles. The Morgan fingerprint density at radius 1 is 1.38 bits per heavy atom. The summed E-state index contributed by atoms with van der Waals surface area (Å²) in [6, 6.07) is 5.86. The van der Waals surface area contributed by atoms with E-state index in [-0.39, 0.29) is 18.2 Å². The number of carbonyl (C=O) groups excluding carboxylic acids is 2. The van der Waals surface area contributed by atoms with Crippen LogP contribution in [0.15, 0.2) is 23.2 Å². The second-order valence-electron chi connectivity index (χ2n) is 5.03. The molecule has 1 saturated heterocycles. The van der Waals surface area contributed by atoms with Gasteiger partial charge in [0.15, 0.2) is 5.17 Å². The molecule has 21 heavy (non-hydrogen) atoms. The maximum absolute atomic E-state index is 12.2. The van der Waals surface area contributed by atoms with E-state index in [0.717, 1.165) is 16.8 Å². The number of benzene rings is 1. The standard InChI is InChI=1S/C15H19N3O2S/c1-9-6-5-7-10(2)13(9)17-12(19)8-11-14(20)18(4)15(16-3)21-11/h5-7,11H,8H2,1-4H3,(H,17,19)/t11-/m0/s1. The Balaban J connectivity index is 2.05. The predicted octanol–water partition coefficient (Wildman–Crippen LogP) is 2.19. The highest BCUT2D eigenvalue weighted by Crippen LogP contribution is 2.29. The number of amides is 2. The summed E-state index contributed by atoms with van der Waals surface area (Å²) in [7, 11) is 3.33. The lowest BCUT2D eigenvalue weighted by atomic mass is 10.1. The third-order valence-electron chi connectivity index (χ3n) is 3.45. The zero-order valence-electron chi connectivity index (χ0n) is 12.6. The molecule has 1 aliphatic heterocycles. The molecule has 6 heteroatoms. The number of para-hydroxylation sites is 1. The van der Waals surface area contributed by atoms with Crippen molar-refractivity contribution < 1.29 is 9.59 Å². The van der Waals surface area contributed by atoms with Gasteiger partial charge in [0.25, 0.3) is 0 Å². The molecule has 0 unspecified atom stereocenters. The van der Waals surface area contributed by atoms with Gasteiger partial charge in [0.2, 0.25) is 11.8 Å². The molecule has 1 aliphatic rings. The van der Waals surface area contributed by atoms with E-state index < -0.39 is 5.25 Å². The number of rotatable bonds is 3. The fourth-order valence-electron chi connectivity index (χ4n) is 2.27. The van der Waals surface area contributed by atoms with E-state index in [1.54, 1.807) is 14.1 Å². The maximum atomic E-state index is 12.2. The fraction of sp³-hybridized carbons (Fsp3) is 0.400. The number of aliphatic imine (C=N–C) groups is 1. The summed E-state index contributed by atoms with van der Waals surface area (Å²) in [6.07, 6.45) is 0.153. The smallest absolute Gasteiger partial charge is 0.242 e. The van der Waals surface area contributed by atoms with Crippen LogP contribution < -0.4 is 5.32 Å². The van der Waals surface area contributed by atoms with Crippen LogP contribution in [0.1, 0.15) is 17.5 Å². The molecule has 1 atom stereocenters. The molecular weight excluding hydrogens is 286 g/mol. The zero-order chi connectivity index (χ0) is 15.6. The lowest BCUT2D eigenvalue weighted by Gasteiger charge is -2.12.